The van der Waals surface area contributed by atoms with Crippen molar-refractivity contribution in [1.82, 2.24) is 13.9 Å². The Kier molecular flexibility index (Phi) is 8.12. The zero-order valence-corrected chi connectivity index (χ0v) is 16.6. The first kappa shape index (κ1) is 20.9. The predicted octanol–water partition coefficient (Wildman–Crippen LogP) is 2.51. The van der Waals surface area contributed by atoms with Crippen LogP contribution in [0.25, 0.3) is 0 Å². The fourth-order valence-electron chi connectivity index (χ4n) is 3.14. The Labute approximate surface area is 156 Å². The van der Waals surface area contributed by atoms with Gasteiger partial charge in [0, 0.05) is 19.6 Å². The molecule has 2 heterocycles. The highest BCUT2D eigenvalue weighted by Crippen LogP contribution is 2.24. The molecule has 2 rings (SSSR count). The van der Waals surface area contributed by atoms with E-state index in [2.05, 4.69) is 5.32 Å². The molecule has 1 aliphatic heterocycles. The van der Waals surface area contributed by atoms with Gasteiger partial charge in [-0.3, -0.25) is 4.79 Å². The fourth-order valence-corrected chi connectivity index (χ4v) is 5.04. The molecule has 0 saturated carbocycles. The molecule has 1 saturated heterocycles. The molecule has 1 aromatic rings. The Hall–Kier alpha value is -1.38. The van der Waals surface area contributed by atoms with Gasteiger partial charge in [-0.2, -0.15) is 17.0 Å². The van der Waals surface area contributed by atoms with Crippen molar-refractivity contribution in [2.45, 2.75) is 65.0 Å². The summed E-state index contributed by atoms with van der Waals surface area (Å²) >= 11 is 0. The maximum absolute atomic E-state index is 13.1. The van der Waals surface area contributed by atoms with Crippen molar-refractivity contribution in [2.24, 2.45) is 0 Å². The normalized spacial score (nSPS) is 18.5. The van der Waals surface area contributed by atoms with Crippen LogP contribution in [0.2, 0.25) is 0 Å². The molecule has 1 N–H and O–H groups in total. The van der Waals surface area contributed by atoms with E-state index in [-0.39, 0.29) is 12.5 Å². The van der Waals surface area contributed by atoms with Crippen LogP contribution in [0, 0.1) is 0 Å². The molecule has 0 spiro atoms. The number of furan rings is 1. The van der Waals surface area contributed by atoms with Gasteiger partial charge in [-0.1, -0.05) is 26.7 Å². The highest BCUT2D eigenvalue weighted by atomic mass is 32.2. The highest BCUT2D eigenvalue weighted by molar-refractivity contribution is 7.86. The molecular weight excluding hydrogens is 354 g/mol. The number of hydrogen-bond donors (Lipinski definition) is 1. The quantitative estimate of drug-likeness (QED) is 0.634. The van der Waals surface area contributed by atoms with Gasteiger partial charge < -0.3 is 9.73 Å². The van der Waals surface area contributed by atoms with E-state index in [1.807, 2.05) is 13.8 Å². The van der Waals surface area contributed by atoms with E-state index in [9.17, 15) is 13.2 Å². The van der Waals surface area contributed by atoms with Crippen molar-refractivity contribution in [2.75, 3.05) is 19.6 Å². The summed E-state index contributed by atoms with van der Waals surface area (Å²) in [6.45, 7) is 5.78. The maximum atomic E-state index is 13.1. The lowest BCUT2D eigenvalue weighted by Gasteiger charge is -2.30. The van der Waals surface area contributed by atoms with Crippen LogP contribution in [0.4, 0.5) is 0 Å². The topological polar surface area (TPSA) is 82.9 Å². The molecule has 1 amide bonds. The summed E-state index contributed by atoms with van der Waals surface area (Å²) in [5.74, 6) is 0.395. The largest absolute Gasteiger partial charge is 0.467 e. The van der Waals surface area contributed by atoms with Gasteiger partial charge >= 0.3 is 0 Å². The summed E-state index contributed by atoms with van der Waals surface area (Å²) < 4.78 is 34.4. The molecule has 1 aliphatic rings. The first-order chi connectivity index (χ1) is 12.5. The van der Waals surface area contributed by atoms with Crippen molar-refractivity contribution in [3.8, 4) is 0 Å². The molecular formula is C18H31N3O4S. The van der Waals surface area contributed by atoms with Crippen LogP contribution in [-0.4, -0.2) is 48.6 Å². The third-order valence-electron chi connectivity index (χ3n) is 4.67. The minimum atomic E-state index is -3.63. The Morgan fingerprint density at radius 3 is 2.58 bits per heavy atom. The molecule has 1 unspecified atom stereocenters. The van der Waals surface area contributed by atoms with E-state index >= 15 is 0 Å². The summed E-state index contributed by atoms with van der Waals surface area (Å²) in [6, 6.07) is 2.90. The standard InChI is InChI=1S/C18H31N3O4S/c1-3-5-11-20(12-6-4-2)26(23,24)21-13-7-10-17(21)18(22)19-15-16-9-8-14-25-16/h8-9,14,17H,3-7,10-13,15H2,1-2H3,(H,19,22). The number of amides is 1. The van der Waals surface area contributed by atoms with E-state index in [1.54, 1.807) is 22.7 Å². The predicted molar refractivity (Wildman–Crippen MR) is 101 cm³/mol. The van der Waals surface area contributed by atoms with Crippen molar-refractivity contribution >= 4 is 16.1 Å². The highest BCUT2D eigenvalue weighted by Gasteiger charge is 2.41. The second-order valence-electron chi connectivity index (χ2n) is 6.68. The molecule has 1 aromatic heterocycles. The van der Waals surface area contributed by atoms with Crippen LogP contribution >= 0.6 is 0 Å². The van der Waals surface area contributed by atoms with Gasteiger partial charge in [-0.25, -0.2) is 0 Å². The SMILES string of the molecule is CCCCN(CCCC)S(=O)(=O)N1CCCC1C(=O)NCc1ccco1. The molecule has 7 nitrogen and oxygen atoms in total. The fraction of sp³-hybridized carbons (Fsp3) is 0.722. The molecule has 0 radical (unpaired) electrons. The number of carbonyl (C=O) groups excluding carboxylic acids is 1. The first-order valence-corrected chi connectivity index (χ1v) is 11.0. The lowest BCUT2D eigenvalue weighted by Crippen LogP contribution is -2.51. The smallest absolute Gasteiger partial charge is 0.282 e. The van der Waals surface area contributed by atoms with Crippen LogP contribution in [0.15, 0.2) is 22.8 Å². The minimum absolute atomic E-state index is 0.256. The first-order valence-electron chi connectivity index (χ1n) is 9.57. The van der Waals surface area contributed by atoms with E-state index < -0.39 is 16.3 Å². The molecule has 1 atom stereocenters. The molecule has 0 aromatic carbocycles. The van der Waals surface area contributed by atoms with Crippen molar-refractivity contribution in [3.63, 3.8) is 0 Å². The van der Waals surface area contributed by atoms with Crippen LogP contribution in [-0.2, 0) is 21.5 Å². The number of carbonyl (C=O) groups is 1. The zero-order valence-electron chi connectivity index (χ0n) is 15.8. The van der Waals surface area contributed by atoms with Gasteiger partial charge in [-0.15, -0.1) is 0 Å². The number of hydrogen-bond acceptors (Lipinski definition) is 4. The third-order valence-corrected chi connectivity index (χ3v) is 6.72. The lowest BCUT2D eigenvalue weighted by molar-refractivity contribution is -0.124. The Balaban J connectivity index is 2.05. The molecule has 1 fully saturated rings. The molecule has 0 aliphatic carbocycles. The van der Waals surface area contributed by atoms with E-state index in [0.29, 0.717) is 38.2 Å². The van der Waals surface area contributed by atoms with Gasteiger partial charge in [0.2, 0.25) is 5.91 Å². The van der Waals surface area contributed by atoms with Gasteiger partial charge in [0.05, 0.1) is 12.8 Å². The third kappa shape index (κ3) is 5.31. The Morgan fingerprint density at radius 2 is 2.00 bits per heavy atom. The Morgan fingerprint density at radius 1 is 1.31 bits per heavy atom. The lowest BCUT2D eigenvalue weighted by atomic mass is 10.2. The maximum Gasteiger partial charge on any atom is 0.282 e. The average Bonchev–Trinajstić information content (AvgIpc) is 3.31. The van der Waals surface area contributed by atoms with Crippen LogP contribution < -0.4 is 5.32 Å². The van der Waals surface area contributed by atoms with E-state index in [1.165, 1.54) is 4.31 Å². The second-order valence-corrected chi connectivity index (χ2v) is 8.56. The monoisotopic (exact) mass is 385 g/mol. The second kappa shape index (κ2) is 10.1. The number of nitrogens with zero attached hydrogens (tertiary/aromatic N) is 2. The summed E-state index contributed by atoms with van der Waals surface area (Å²) in [7, 11) is -3.63. The van der Waals surface area contributed by atoms with Crippen LogP contribution in [0.5, 0.6) is 0 Å². The summed E-state index contributed by atoms with van der Waals surface area (Å²) in [5, 5.41) is 2.80. The number of rotatable bonds is 11. The van der Waals surface area contributed by atoms with E-state index in [4.69, 9.17) is 4.42 Å². The summed E-state index contributed by atoms with van der Waals surface area (Å²) in [6.07, 6.45) is 6.33. The van der Waals surface area contributed by atoms with Gasteiger partial charge in [-0.05, 0) is 37.8 Å². The number of nitrogens with one attached hydrogen (secondary N) is 1. The molecule has 8 heteroatoms. The number of unbranched alkanes of at least 4 members (excludes halogenated alkanes) is 2. The summed E-state index contributed by atoms with van der Waals surface area (Å²) in [4.78, 5) is 12.6. The zero-order chi connectivity index (χ0) is 19.0. The van der Waals surface area contributed by atoms with Crippen molar-refractivity contribution < 1.29 is 17.6 Å². The Bertz CT molecular complexity index is 637. The average molecular weight is 386 g/mol. The van der Waals surface area contributed by atoms with Crippen molar-refractivity contribution in [1.29, 1.82) is 0 Å². The summed E-state index contributed by atoms with van der Waals surface area (Å²) in [5.41, 5.74) is 0. The van der Waals surface area contributed by atoms with Crippen LogP contribution in [0.3, 0.4) is 0 Å². The molecule has 26 heavy (non-hydrogen) atoms. The van der Waals surface area contributed by atoms with Crippen molar-refractivity contribution in [3.05, 3.63) is 24.2 Å². The molecule has 148 valence electrons. The van der Waals surface area contributed by atoms with Gasteiger partial charge in [0.1, 0.15) is 11.8 Å². The van der Waals surface area contributed by atoms with Gasteiger partial charge in [0.25, 0.3) is 10.2 Å². The van der Waals surface area contributed by atoms with E-state index in [0.717, 1.165) is 25.7 Å². The minimum Gasteiger partial charge on any atom is -0.467 e. The molecule has 0 bridgehead atoms. The van der Waals surface area contributed by atoms with Crippen LogP contribution in [0.1, 0.15) is 58.1 Å². The van der Waals surface area contributed by atoms with Gasteiger partial charge in [0.15, 0.2) is 0 Å².